The van der Waals surface area contributed by atoms with Crippen LogP contribution in [-0.2, 0) is 14.9 Å². The molecule has 1 aromatic heterocycles. The van der Waals surface area contributed by atoms with Crippen LogP contribution in [0.3, 0.4) is 0 Å². The van der Waals surface area contributed by atoms with Crippen LogP contribution in [0, 0.1) is 24.2 Å². The maximum Gasteiger partial charge on any atom is 0.324 e. The molecule has 0 radical (unpaired) electrons. The van der Waals surface area contributed by atoms with Crippen molar-refractivity contribution < 1.29 is 9.53 Å². The van der Waals surface area contributed by atoms with Crippen molar-refractivity contribution in [3.8, 4) is 6.07 Å². The maximum absolute atomic E-state index is 11.8. The van der Waals surface area contributed by atoms with Crippen LogP contribution in [0.5, 0.6) is 0 Å². The molecule has 1 aliphatic carbocycles. The van der Waals surface area contributed by atoms with Gasteiger partial charge in [-0.25, -0.2) is 0 Å². The molecule has 0 aliphatic heterocycles. The van der Waals surface area contributed by atoms with Gasteiger partial charge in [0.15, 0.2) is 5.92 Å². The first-order chi connectivity index (χ1) is 8.64. The molecule has 1 heterocycles. The molecule has 1 unspecified atom stereocenters. The minimum Gasteiger partial charge on any atom is -0.468 e. The lowest BCUT2D eigenvalue weighted by molar-refractivity contribution is -0.147. The Morgan fingerprint density at radius 2 is 2.28 bits per heavy atom. The molecule has 4 nitrogen and oxygen atoms in total. The lowest BCUT2D eigenvalue weighted by Crippen LogP contribution is -2.46. The lowest BCUT2D eigenvalue weighted by atomic mass is 9.59. The summed E-state index contributed by atoms with van der Waals surface area (Å²) >= 11 is 0. The molecule has 4 heteroatoms. The largest absolute Gasteiger partial charge is 0.468 e. The molecule has 18 heavy (non-hydrogen) atoms. The summed E-state index contributed by atoms with van der Waals surface area (Å²) in [4.78, 5) is 16.3. The molecule has 1 aromatic rings. The SMILES string of the molecule is COC(=O)C(C#N)C1(c2cccc(C)n2)CCC1. The van der Waals surface area contributed by atoms with Gasteiger partial charge in [0.2, 0.25) is 0 Å². The molecule has 0 bridgehead atoms. The molecule has 0 N–H and O–H groups in total. The number of nitriles is 1. The summed E-state index contributed by atoms with van der Waals surface area (Å²) in [5, 5.41) is 9.28. The Balaban J connectivity index is 2.42. The molecule has 2 rings (SSSR count). The fraction of sp³-hybridized carbons (Fsp3) is 0.500. The molecule has 0 saturated heterocycles. The Bertz CT molecular complexity index is 501. The zero-order valence-electron chi connectivity index (χ0n) is 10.6. The van der Waals surface area contributed by atoms with Crippen molar-refractivity contribution in [3.63, 3.8) is 0 Å². The number of carbonyl (C=O) groups excluding carboxylic acids is 1. The van der Waals surface area contributed by atoms with E-state index in [1.165, 1.54) is 7.11 Å². The van der Waals surface area contributed by atoms with Gasteiger partial charge in [0, 0.05) is 16.8 Å². The van der Waals surface area contributed by atoms with Gasteiger partial charge in [0.25, 0.3) is 0 Å². The summed E-state index contributed by atoms with van der Waals surface area (Å²) < 4.78 is 4.75. The fourth-order valence-corrected chi connectivity index (χ4v) is 2.59. The first-order valence-electron chi connectivity index (χ1n) is 6.05. The highest BCUT2D eigenvalue weighted by atomic mass is 16.5. The molecular weight excluding hydrogens is 228 g/mol. The molecular formula is C14H16N2O2. The predicted molar refractivity (Wildman–Crippen MR) is 65.6 cm³/mol. The van der Waals surface area contributed by atoms with Gasteiger partial charge in [0.1, 0.15) is 0 Å². The van der Waals surface area contributed by atoms with Gasteiger partial charge in [0.05, 0.1) is 13.2 Å². The number of pyridine rings is 1. The van der Waals surface area contributed by atoms with E-state index in [0.717, 1.165) is 30.7 Å². The summed E-state index contributed by atoms with van der Waals surface area (Å²) in [5.74, 6) is -1.22. The van der Waals surface area contributed by atoms with Crippen LogP contribution in [0.1, 0.15) is 30.7 Å². The number of nitrogens with zero attached hydrogens (tertiary/aromatic N) is 2. The smallest absolute Gasteiger partial charge is 0.324 e. The van der Waals surface area contributed by atoms with Crippen molar-refractivity contribution in [1.82, 2.24) is 4.98 Å². The zero-order valence-corrected chi connectivity index (χ0v) is 10.6. The van der Waals surface area contributed by atoms with Crippen molar-refractivity contribution in [2.24, 2.45) is 5.92 Å². The number of hydrogen-bond acceptors (Lipinski definition) is 4. The normalized spacial score (nSPS) is 18.3. The van der Waals surface area contributed by atoms with Gasteiger partial charge in [-0.05, 0) is 31.9 Å². The number of hydrogen-bond donors (Lipinski definition) is 0. The molecule has 1 saturated carbocycles. The Labute approximate surface area is 107 Å². The standard InChI is InChI=1S/C14H16N2O2/c1-10-5-3-6-12(16-10)14(7-4-8-14)11(9-15)13(17)18-2/h3,5-6,11H,4,7-8H2,1-2H3. The van der Waals surface area contributed by atoms with E-state index >= 15 is 0 Å². The second-order valence-electron chi connectivity index (χ2n) is 4.76. The number of carbonyl (C=O) groups is 1. The molecule has 1 fully saturated rings. The van der Waals surface area contributed by atoms with Crippen molar-refractivity contribution in [2.45, 2.75) is 31.6 Å². The fourth-order valence-electron chi connectivity index (χ4n) is 2.59. The van der Waals surface area contributed by atoms with E-state index in [1.807, 2.05) is 25.1 Å². The lowest BCUT2D eigenvalue weighted by Gasteiger charge is -2.43. The number of esters is 1. The van der Waals surface area contributed by atoms with Crippen molar-refractivity contribution in [1.29, 1.82) is 5.26 Å². The van der Waals surface area contributed by atoms with Crippen LogP contribution in [0.4, 0.5) is 0 Å². The monoisotopic (exact) mass is 244 g/mol. The van der Waals surface area contributed by atoms with Crippen LogP contribution in [-0.4, -0.2) is 18.1 Å². The third-order valence-electron chi connectivity index (χ3n) is 3.76. The van der Waals surface area contributed by atoms with Crippen LogP contribution >= 0.6 is 0 Å². The van der Waals surface area contributed by atoms with Gasteiger partial charge in [-0.2, -0.15) is 5.26 Å². The van der Waals surface area contributed by atoms with Gasteiger partial charge < -0.3 is 4.74 Å². The Morgan fingerprint density at radius 3 is 2.72 bits per heavy atom. The summed E-state index contributed by atoms with van der Waals surface area (Å²) in [7, 11) is 1.32. The van der Waals surface area contributed by atoms with Gasteiger partial charge in [-0.15, -0.1) is 0 Å². The quantitative estimate of drug-likeness (QED) is 0.764. The topological polar surface area (TPSA) is 63.0 Å². The van der Waals surface area contributed by atoms with Crippen LogP contribution < -0.4 is 0 Å². The second-order valence-corrected chi connectivity index (χ2v) is 4.76. The van der Waals surface area contributed by atoms with E-state index in [1.54, 1.807) is 0 Å². The summed E-state index contributed by atoms with van der Waals surface area (Å²) in [5.41, 5.74) is 1.29. The number of ether oxygens (including phenoxy) is 1. The highest BCUT2D eigenvalue weighted by molar-refractivity contribution is 5.77. The van der Waals surface area contributed by atoms with E-state index in [-0.39, 0.29) is 0 Å². The summed E-state index contributed by atoms with van der Waals surface area (Å²) in [6.45, 7) is 1.91. The van der Waals surface area contributed by atoms with Gasteiger partial charge in [-0.3, -0.25) is 9.78 Å². The average molecular weight is 244 g/mol. The molecule has 0 aromatic carbocycles. The van der Waals surface area contributed by atoms with Crippen molar-refractivity contribution in [3.05, 3.63) is 29.6 Å². The van der Waals surface area contributed by atoms with Gasteiger partial charge >= 0.3 is 5.97 Å². The minimum absolute atomic E-state index is 0.451. The average Bonchev–Trinajstić information content (AvgIpc) is 2.32. The molecule has 1 atom stereocenters. The molecule has 1 aliphatic rings. The maximum atomic E-state index is 11.8. The Morgan fingerprint density at radius 1 is 1.56 bits per heavy atom. The number of rotatable bonds is 3. The third kappa shape index (κ3) is 1.86. The van der Waals surface area contributed by atoms with Crippen LogP contribution in [0.2, 0.25) is 0 Å². The number of methoxy groups -OCH3 is 1. The molecule has 94 valence electrons. The van der Waals surface area contributed by atoms with E-state index in [0.29, 0.717) is 0 Å². The Kier molecular flexibility index (Phi) is 3.33. The van der Waals surface area contributed by atoms with Crippen LogP contribution in [0.15, 0.2) is 18.2 Å². The zero-order chi connectivity index (χ0) is 13.2. The number of aromatic nitrogens is 1. The summed E-state index contributed by atoms with van der Waals surface area (Å²) in [6, 6.07) is 7.83. The van der Waals surface area contributed by atoms with Gasteiger partial charge in [-0.1, -0.05) is 12.5 Å². The second kappa shape index (κ2) is 4.77. The van der Waals surface area contributed by atoms with E-state index in [4.69, 9.17) is 4.74 Å². The first kappa shape index (κ1) is 12.6. The highest BCUT2D eigenvalue weighted by Gasteiger charge is 2.50. The Hall–Kier alpha value is -1.89. The van der Waals surface area contributed by atoms with E-state index in [9.17, 15) is 10.1 Å². The molecule has 0 amide bonds. The summed E-state index contributed by atoms with van der Waals surface area (Å²) in [6.07, 6.45) is 2.65. The van der Waals surface area contributed by atoms with Crippen LogP contribution in [0.25, 0.3) is 0 Å². The van der Waals surface area contributed by atoms with Crippen molar-refractivity contribution in [2.75, 3.05) is 7.11 Å². The highest BCUT2D eigenvalue weighted by Crippen LogP contribution is 2.48. The minimum atomic E-state index is -0.759. The van der Waals surface area contributed by atoms with E-state index in [2.05, 4.69) is 11.1 Å². The predicted octanol–water partition coefficient (Wildman–Crippen LogP) is 2.12. The first-order valence-corrected chi connectivity index (χ1v) is 6.05. The third-order valence-corrected chi connectivity index (χ3v) is 3.76. The number of aryl methyl sites for hydroxylation is 1. The molecule has 0 spiro atoms. The van der Waals surface area contributed by atoms with Crippen molar-refractivity contribution >= 4 is 5.97 Å². The van der Waals surface area contributed by atoms with E-state index < -0.39 is 17.3 Å².